The molecule has 3 nitrogen and oxygen atoms in total. The van der Waals surface area contributed by atoms with Gasteiger partial charge in [0.05, 0.1) is 17.3 Å². The lowest BCUT2D eigenvalue weighted by atomic mass is 10.3. The van der Waals surface area contributed by atoms with Gasteiger partial charge in [0, 0.05) is 12.1 Å². The molecular weight excluding hydrogens is 245 g/mol. The Bertz CT molecular complexity index is 534. The van der Waals surface area contributed by atoms with Gasteiger partial charge in [-0.1, -0.05) is 17.7 Å². The molecule has 0 aliphatic rings. The molecule has 2 aromatic rings. The Labute approximate surface area is 102 Å². The highest BCUT2D eigenvalue weighted by Gasteiger charge is 2.04. The lowest BCUT2D eigenvalue weighted by molar-refractivity contribution is 0.275. The smallest absolute Gasteiger partial charge is 0.219 e. The van der Waals surface area contributed by atoms with E-state index in [1.807, 2.05) is 0 Å². The fourth-order valence-corrected chi connectivity index (χ4v) is 1.38. The highest BCUT2D eigenvalue weighted by Crippen LogP contribution is 2.24. The van der Waals surface area contributed by atoms with Crippen molar-refractivity contribution in [1.82, 2.24) is 4.98 Å². The lowest BCUT2D eigenvalue weighted by Crippen LogP contribution is -1.93. The molecule has 0 atom stereocenters. The van der Waals surface area contributed by atoms with Crippen LogP contribution < -0.4 is 4.74 Å². The third kappa shape index (κ3) is 2.93. The zero-order valence-electron chi connectivity index (χ0n) is 8.73. The molecule has 1 aromatic carbocycles. The van der Waals surface area contributed by atoms with Crippen molar-refractivity contribution in [3.05, 3.63) is 52.9 Å². The summed E-state index contributed by atoms with van der Waals surface area (Å²) in [5, 5.41) is 8.95. The summed E-state index contributed by atoms with van der Waals surface area (Å²) in [4.78, 5) is 4.01. The Morgan fingerprint density at radius 2 is 2.12 bits per heavy atom. The van der Waals surface area contributed by atoms with Crippen LogP contribution in [0.25, 0.3) is 0 Å². The van der Waals surface area contributed by atoms with Gasteiger partial charge in [0.2, 0.25) is 5.88 Å². The van der Waals surface area contributed by atoms with Crippen LogP contribution in [0.1, 0.15) is 5.69 Å². The van der Waals surface area contributed by atoms with E-state index in [1.165, 1.54) is 12.1 Å². The molecular formula is C12H9ClFNO2. The number of ether oxygens (including phenoxy) is 1. The van der Waals surface area contributed by atoms with Crippen LogP contribution in [-0.2, 0) is 6.61 Å². The van der Waals surface area contributed by atoms with Crippen molar-refractivity contribution in [3.63, 3.8) is 0 Å². The van der Waals surface area contributed by atoms with Crippen LogP contribution in [0.3, 0.4) is 0 Å². The van der Waals surface area contributed by atoms with E-state index in [9.17, 15) is 4.39 Å². The topological polar surface area (TPSA) is 42.4 Å². The maximum Gasteiger partial charge on any atom is 0.219 e. The number of pyridine rings is 1. The molecule has 5 heteroatoms. The van der Waals surface area contributed by atoms with E-state index in [2.05, 4.69) is 4.98 Å². The third-order valence-electron chi connectivity index (χ3n) is 2.06. The summed E-state index contributed by atoms with van der Waals surface area (Å²) in [6.07, 6.45) is 0. The van der Waals surface area contributed by atoms with E-state index >= 15 is 0 Å². The number of aliphatic hydroxyl groups excluding tert-OH is 1. The molecule has 0 bridgehead atoms. The van der Waals surface area contributed by atoms with Crippen molar-refractivity contribution in [2.75, 3.05) is 0 Å². The average molecular weight is 254 g/mol. The fraction of sp³-hybridized carbons (Fsp3) is 0.0833. The number of aliphatic hydroxyl groups is 1. The normalized spacial score (nSPS) is 10.3. The van der Waals surface area contributed by atoms with E-state index in [4.69, 9.17) is 21.4 Å². The van der Waals surface area contributed by atoms with Gasteiger partial charge in [-0.2, -0.15) is 0 Å². The SMILES string of the molecule is OCc1cccc(Oc2ccc(Cl)c(F)c2)n1. The second-order valence-electron chi connectivity index (χ2n) is 3.30. The van der Waals surface area contributed by atoms with E-state index < -0.39 is 5.82 Å². The van der Waals surface area contributed by atoms with Gasteiger partial charge in [-0.15, -0.1) is 0 Å². The van der Waals surface area contributed by atoms with Crippen LogP contribution in [0.5, 0.6) is 11.6 Å². The van der Waals surface area contributed by atoms with E-state index in [-0.39, 0.29) is 11.6 Å². The van der Waals surface area contributed by atoms with Gasteiger partial charge >= 0.3 is 0 Å². The molecule has 0 aliphatic carbocycles. The second-order valence-corrected chi connectivity index (χ2v) is 3.71. The molecule has 0 saturated heterocycles. The molecule has 1 N–H and O–H groups in total. The molecule has 0 spiro atoms. The molecule has 0 saturated carbocycles. The number of hydrogen-bond acceptors (Lipinski definition) is 3. The maximum absolute atomic E-state index is 13.2. The first-order chi connectivity index (χ1) is 8.19. The van der Waals surface area contributed by atoms with Crippen molar-refractivity contribution >= 4 is 11.6 Å². The summed E-state index contributed by atoms with van der Waals surface area (Å²) in [6.45, 7) is -0.174. The summed E-state index contributed by atoms with van der Waals surface area (Å²) < 4.78 is 18.5. The fourth-order valence-electron chi connectivity index (χ4n) is 1.26. The third-order valence-corrected chi connectivity index (χ3v) is 2.36. The molecule has 0 unspecified atom stereocenters. The number of rotatable bonds is 3. The highest BCUT2D eigenvalue weighted by atomic mass is 35.5. The first kappa shape index (κ1) is 11.8. The summed E-state index contributed by atoms with van der Waals surface area (Å²) in [5.74, 6) is 0.0373. The van der Waals surface area contributed by atoms with Gasteiger partial charge in [0.25, 0.3) is 0 Å². The van der Waals surface area contributed by atoms with E-state index in [0.717, 1.165) is 0 Å². The van der Waals surface area contributed by atoms with Crippen molar-refractivity contribution in [3.8, 4) is 11.6 Å². The van der Waals surface area contributed by atoms with Crippen LogP contribution in [-0.4, -0.2) is 10.1 Å². The number of halogens is 2. The van der Waals surface area contributed by atoms with Crippen LogP contribution in [0.2, 0.25) is 5.02 Å². The number of hydrogen-bond donors (Lipinski definition) is 1. The molecule has 1 heterocycles. The number of benzene rings is 1. The van der Waals surface area contributed by atoms with Crippen molar-refractivity contribution in [2.45, 2.75) is 6.61 Å². The minimum absolute atomic E-state index is 0.0365. The predicted octanol–water partition coefficient (Wildman–Crippen LogP) is 3.16. The maximum atomic E-state index is 13.2. The van der Waals surface area contributed by atoms with Gasteiger partial charge in [-0.3, -0.25) is 0 Å². The summed E-state index contributed by atoms with van der Waals surface area (Å²) in [5.41, 5.74) is 0.483. The Morgan fingerprint density at radius 3 is 2.82 bits per heavy atom. The standard InChI is InChI=1S/C12H9ClFNO2/c13-10-5-4-9(6-11(10)14)17-12-3-1-2-8(7-16)15-12/h1-6,16H,7H2. The van der Waals surface area contributed by atoms with E-state index in [1.54, 1.807) is 24.3 Å². The van der Waals surface area contributed by atoms with Crippen molar-refractivity contribution in [1.29, 1.82) is 0 Å². The molecule has 0 amide bonds. The van der Waals surface area contributed by atoms with Crippen LogP contribution in [0, 0.1) is 5.82 Å². The Balaban J connectivity index is 2.22. The average Bonchev–Trinajstić information content (AvgIpc) is 2.34. The van der Waals surface area contributed by atoms with Crippen LogP contribution >= 0.6 is 11.6 Å². The largest absolute Gasteiger partial charge is 0.439 e. The molecule has 0 fully saturated rings. The molecule has 17 heavy (non-hydrogen) atoms. The van der Waals surface area contributed by atoms with Crippen LogP contribution in [0.15, 0.2) is 36.4 Å². The highest BCUT2D eigenvalue weighted by molar-refractivity contribution is 6.30. The predicted molar refractivity (Wildman–Crippen MR) is 61.6 cm³/mol. The van der Waals surface area contributed by atoms with Gasteiger partial charge in [-0.05, 0) is 18.2 Å². The number of aromatic nitrogens is 1. The molecule has 2 rings (SSSR count). The Hall–Kier alpha value is -1.65. The monoisotopic (exact) mass is 253 g/mol. The summed E-state index contributed by atoms with van der Waals surface area (Å²) in [6, 6.07) is 9.09. The minimum atomic E-state index is -0.553. The zero-order valence-corrected chi connectivity index (χ0v) is 9.49. The molecule has 0 aliphatic heterocycles. The summed E-state index contributed by atoms with van der Waals surface area (Å²) in [7, 11) is 0. The minimum Gasteiger partial charge on any atom is -0.439 e. The Kier molecular flexibility index (Phi) is 3.56. The Morgan fingerprint density at radius 1 is 1.29 bits per heavy atom. The first-order valence-electron chi connectivity index (χ1n) is 4.89. The lowest BCUT2D eigenvalue weighted by Gasteiger charge is -2.06. The molecule has 0 radical (unpaired) electrons. The summed E-state index contributed by atoms with van der Waals surface area (Å²) >= 11 is 5.55. The van der Waals surface area contributed by atoms with Gasteiger partial charge in [0.1, 0.15) is 11.6 Å². The van der Waals surface area contributed by atoms with Gasteiger partial charge in [0.15, 0.2) is 0 Å². The van der Waals surface area contributed by atoms with Crippen molar-refractivity contribution < 1.29 is 14.2 Å². The zero-order chi connectivity index (χ0) is 12.3. The van der Waals surface area contributed by atoms with Crippen LogP contribution in [0.4, 0.5) is 4.39 Å². The van der Waals surface area contributed by atoms with Gasteiger partial charge in [-0.25, -0.2) is 9.37 Å². The first-order valence-corrected chi connectivity index (χ1v) is 5.26. The van der Waals surface area contributed by atoms with E-state index in [0.29, 0.717) is 17.3 Å². The second kappa shape index (κ2) is 5.12. The molecule has 88 valence electrons. The molecule has 1 aromatic heterocycles. The van der Waals surface area contributed by atoms with Gasteiger partial charge < -0.3 is 9.84 Å². The number of nitrogens with zero attached hydrogens (tertiary/aromatic N) is 1. The quantitative estimate of drug-likeness (QED) is 0.914. The van der Waals surface area contributed by atoms with Crippen molar-refractivity contribution in [2.24, 2.45) is 0 Å².